The molecule has 0 unspecified atom stereocenters. The Balaban J connectivity index is 1.61. The molecule has 1 saturated heterocycles. The number of hydrogen-bond acceptors (Lipinski definition) is 6. The second-order valence-corrected chi connectivity index (χ2v) is 10.5. The highest BCUT2D eigenvalue weighted by atomic mass is 32.2. The zero-order valence-corrected chi connectivity index (χ0v) is 18.3. The molecule has 4 aromatic rings. The Bertz CT molecular complexity index is 1340. The minimum absolute atomic E-state index is 0.00386. The van der Waals surface area contributed by atoms with Crippen molar-refractivity contribution in [3.8, 4) is 22.5 Å². The maximum Gasteiger partial charge on any atom is 0.211 e. The molecule has 7 nitrogen and oxygen atoms in total. The molecule has 0 N–H and O–H groups in total. The fourth-order valence-corrected chi connectivity index (χ4v) is 5.50. The summed E-state index contributed by atoms with van der Waals surface area (Å²) in [5.41, 5.74) is 7.40. The number of pyridine rings is 1. The fourth-order valence-electron chi connectivity index (χ4n) is 3.90. The van der Waals surface area contributed by atoms with Gasteiger partial charge in [-0.3, -0.25) is 9.67 Å². The summed E-state index contributed by atoms with van der Waals surface area (Å²) >= 11 is 1.61. The lowest BCUT2D eigenvalue weighted by molar-refractivity contribution is 0.438. The number of aromatic nitrogens is 4. The Morgan fingerprint density at radius 2 is 2.07 bits per heavy atom. The number of aryl methyl sites for hydroxylation is 1. The summed E-state index contributed by atoms with van der Waals surface area (Å²) in [7, 11) is -3.20. The summed E-state index contributed by atoms with van der Waals surface area (Å²) in [5.74, 6) is 0. The van der Waals surface area contributed by atoms with Crippen LogP contribution in [-0.2, 0) is 10.0 Å². The Labute approximate surface area is 179 Å². The van der Waals surface area contributed by atoms with E-state index in [1.807, 2.05) is 47.6 Å². The second-order valence-electron chi connectivity index (χ2n) is 7.63. The molecule has 3 aromatic heterocycles. The van der Waals surface area contributed by atoms with E-state index in [0.717, 1.165) is 44.8 Å². The number of hydrogen-bond donors (Lipinski definition) is 0. The van der Waals surface area contributed by atoms with Gasteiger partial charge in [-0.25, -0.2) is 13.4 Å². The van der Waals surface area contributed by atoms with Crippen molar-refractivity contribution in [3.63, 3.8) is 0 Å². The first kappa shape index (κ1) is 19.3. The van der Waals surface area contributed by atoms with E-state index in [-0.39, 0.29) is 6.04 Å². The second kappa shape index (κ2) is 7.26. The summed E-state index contributed by atoms with van der Waals surface area (Å²) < 4.78 is 28.4. The number of benzene rings is 1. The predicted octanol–water partition coefficient (Wildman–Crippen LogP) is 3.74. The van der Waals surface area contributed by atoms with E-state index in [1.54, 1.807) is 11.3 Å². The van der Waals surface area contributed by atoms with Gasteiger partial charge in [0.05, 0.1) is 33.7 Å². The molecular weight excluding hydrogens is 418 g/mol. The molecule has 0 aliphatic carbocycles. The Morgan fingerprint density at radius 1 is 1.20 bits per heavy atom. The van der Waals surface area contributed by atoms with Crippen molar-refractivity contribution in [3.05, 3.63) is 53.8 Å². The van der Waals surface area contributed by atoms with E-state index in [2.05, 4.69) is 22.1 Å². The van der Waals surface area contributed by atoms with Gasteiger partial charge in [0.15, 0.2) is 0 Å². The molecule has 0 bridgehead atoms. The van der Waals surface area contributed by atoms with Gasteiger partial charge in [-0.15, -0.1) is 11.3 Å². The molecule has 1 aliphatic rings. The Hall–Kier alpha value is -2.62. The summed E-state index contributed by atoms with van der Waals surface area (Å²) in [6.07, 6.45) is 4.02. The maximum atomic E-state index is 11.9. The summed E-state index contributed by atoms with van der Waals surface area (Å²) in [6, 6.07) is 12.1. The van der Waals surface area contributed by atoms with Crippen LogP contribution in [0.3, 0.4) is 0 Å². The largest absolute Gasteiger partial charge is 0.267 e. The van der Waals surface area contributed by atoms with Crippen molar-refractivity contribution in [1.29, 1.82) is 0 Å². The molecule has 0 spiro atoms. The lowest BCUT2D eigenvalue weighted by Gasteiger charge is -2.13. The number of sulfonamides is 1. The molecule has 1 aliphatic heterocycles. The van der Waals surface area contributed by atoms with Crippen LogP contribution in [-0.4, -0.2) is 51.8 Å². The van der Waals surface area contributed by atoms with Crippen LogP contribution in [0.25, 0.3) is 32.7 Å². The van der Waals surface area contributed by atoms with E-state index in [0.29, 0.717) is 13.1 Å². The third kappa shape index (κ3) is 3.53. The van der Waals surface area contributed by atoms with Crippen molar-refractivity contribution < 1.29 is 8.42 Å². The molecule has 0 amide bonds. The SMILES string of the molecule is Cc1cccc(-c2nn([C@@H]3CCN(S(C)(=O)=O)C3)cc2-c2ccc3ncsc3c2)n1. The predicted molar refractivity (Wildman–Crippen MR) is 119 cm³/mol. The first-order valence-corrected chi connectivity index (χ1v) is 12.4. The topological polar surface area (TPSA) is 81.0 Å². The lowest BCUT2D eigenvalue weighted by atomic mass is 10.0. The van der Waals surface area contributed by atoms with Gasteiger partial charge in [0.25, 0.3) is 0 Å². The lowest BCUT2D eigenvalue weighted by Crippen LogP contribution is -2.28. The highest BCUT2D eigenvalue weighted by Crippen LogP contribution is 2.35. The van der Waals surface area contributed by atoms with Crippen LogP contribution in [0.2, 0.25) is 0 Å². The molecule has 4 heterocycles. The van der Waals surface area contributed by atoms with E-state index in [9.17, 15) is 8.42 Å². The quantitative estimate of drug-likeness (QED) is 0.484. The van der Waals surface area contributed by atoms with Crippen LogP contribution < -0.4 is 0 Å². The third-order valence-corrected chi connectivity index (χ3v) is 7.54. The van der Waals surface area contributed by atoms with Crippen LogP contribution in [0.5, 0.6) is 0 Å². The van der Waals surface area contributed by atoms with Crippen molar-refractivity contribution in [2.75, 3.05) is 19.3 Å². The standard InChI is InChI=1S/C21H21N5O2S2/c1-14-4-3-5-19(23-14)21-17(15-6-7-18-20(10-15)29-13-22-18)12-26(24-21)16-8-9-25(11-16)30(2,27)28/h3-7,10,12-13,16H,8-9,11H2,1-2H3/t16-/m1/s1. The molecule has 5 rings (SSSR count). The highest BCUT2D eigenvalue weighted by Gasteiger charge is 2.31. The Kier molecular flexibility index (Phi) is 4.68. The molecule has 1 aromatic carbocycles. The highest BCUT2D eigenvalue weighted by molar-refractivity contribution is 7.88. The van der Waals surface area contributed by atoms with E-state index < -0.39 is 10.0 Å². The smallest absolute Gasteiger partial charge is 0.211 e. The van der Waals surface area contributed by atoms with Gasteiger partial charge in [0, 0.05) is 30.5 Å². The van der Waals surface area contributed by atoms with Crippen LogP contribution >= 0.6 is 11.3 Å². The molecule has 0 radical (unpaired) electrons. The molecule has 0 saturated carbocycles. The van der Waals surface area contributed by atoms with Crippen LogP contribution in [0.1, 0.15) is 18.2 Å². The summed E-state index contributed by atoms with van der Waals surface area (Å²) in [5, 5.41) is 4.88. The first-order chi connectivity index (χ1) is 14.4. The zero-order chi connectivity index (χ0) is 20.9. The maximum absolute atomic E-state index is 11.9. The third-order valence-electron chi connectivity index (χ3n) is 5.47. The van der Waals surface area contributed by atoms with Gasteiger partial charge >= 0.3 is 0 Å². The van der Waals surface area contributed by atoms with Gasteiger partial charge < -0.3 is 0 Å². The van der Waals surface area contributed by atoms with Gasteiger partial charge in [0.1, 0.15) is 5.69 Å². The fraction of sp³-hybridized carbons (Fsp3) is 0.286. The number of nitrogens with zero attached hydrogens (tertiary/aromatic N) is 5. The zero-order valence-electron chi connectivity index (χ0n) is 16.7. The number of rotatable bonds is 4. The van der Waals surface area contributed by atoms with Crippen LogP contribution in [0.15, 0.2) is 48.1 Å². The minimum atomic E-state index is -3.20. The van der Waals surface area contributed by atoms with Gasteiger partial charge in [0.2, 0.25) is 10.0 Å². The monoisotopic (exact) mass is 439 g/mol. The average Bonchev–Trinajstić information content (AvgIpc) is 3.44. The van der Waals surface area contributed by atoms with Crippen molar-refractivity contribution in [2.24, 2.45) is 0 Å². The molecule has 1 fully saturated rings. The van der Waals surface area contributed by atoms with Crippen molar-refractivity contribution in [2.45, 2.75) is 19.4 Å². The number of fused-ring (bicyclic) bond motifs is 1. The van der Waals surface area contributed by atoms with Gasteiger partial charge in [-0.2, -0.15) is 9.40 Å². The van der Waals surface area contributed by atoms with Crippen molar-refractivity contribution >= 4 is 31.6 Å². The summed E-state index contributed by atoms with van der Waals surface area (Å²) in [4.78, 5) is 9.05. The van der Waals surface area contributed by atoms with Gasteiger partial charge in [-0.1, -0.05) is 12.1 Å². The average molecular weight is 440 g/mol. The molecule has 154 valence electrons. The van der Waals surface area contributed by atoms with E-state index in [1.165, 1.54) is 10.6 Å². The first-order valence-electron chi connectivity index (χ1n) is 9.70. The Morgan fingerprint density at radius 3 is 2.83 bits per heavy atom. The minimum Gasteiger partial charge on any atom is -0.267 e. The van der Waals surface area contributed by atoms with Crippen LogP contribution in [0.4, 0.5) is 0 Å². The normalized spacial score (nSPS) is 17.7. The summed E-state index contributed by atoms with van der Waals surface area (Å²) in [6.45, 7) is 2.92. The van der Waals surface area contributed by atoms with Crippen LogP contribution in [0, 0.1) is 6.92 Å². The molecule has 30 heavy (non-hydrogen) atoms. The molecule has 9 heteroatoms. The molecule has 1 atom stereocenters. The molecular formula is C21H21N5O2S2. The van der Waals surface area contributed by atoms with Crippen molar-refractivity contribution in [1.82, 2.24) is 24.1 Å². The van der Waals surface area contributed by atoms with E-state index in [4.69, 9.17) is 5.10 Å². The van der Waals surface area contributed by atoms with Gasteiger partial charge in [-0.05, 0) is 43.2 Å². The number of thiazole rings is 1. The van der Waals surface area contributed by atoms with E-state index >= 15 is 0 Å².